The maximum atomic E-state index is 13.2. The van der Waals surface area contributed by atoms with Crippen LogP contribution in [0.25, 0.3) is 0 Å². The number of carbonyl (C=O) groups is 1. The van der Waals surface area contributed by atoms with Crippen LogP contribution >= 0.6 is 15.9 Å². The van der Waals surface area contributed by atoms with Crippen LogP contribution in [-0.2, 0) is 9.53 Å². The summed E-state index contributed by atoms with van der Waals surface area (Å²) >= 11 is 3.11. The lowest BCUT2D eigenvalue weighted by atomic mass is 10.1. The molecule has 0 saturated carbocycles. The van der Waals surface area contributed by atoms with Gasteiger partial charge >= 0.3 is 5.97 Å². The molecule has 1 unspecified atom stereocenters. The van der Waals surface area contributed by atoms with Crippen molar-refractivity contribution in [1.82, 2.24) is 5.32 Å². The first-order valence-electron chi connectivity index (χ1n) is 5.83. The van der Waals surface area contributed by atoms with Crippen LogP contribution in [0.1, 0.15) is 32.4 Å². The number of halogens is 2. The number of esters is 1. The SMILES string of the molecule is CCOC(=O)C(NC(C)C)c1ccc(F)c(Br)c1. The molecule has 0 aliphatic heterocycles. The zero-order chi connectivity index (χ0) is 13.7. The summed E-state index contributed by atoms with van der Waals surface area (Å²) in [6, 6.07) is 4.03. The minimum atomic E-state index is -0.582. The van der Waals surface area contributed by atoms with Crippen molar-refractivity contribution in [2.75, 3.05) is 6.61 Å². The molecule has 1 aromatic carbocycles. The van der Waals surface area contributed by atoms with E-state index in [2.05, 4.69) is 21.2 Å². The van der Waals surface area contributed by atoms with Crippen LogP contribution in [0.2, 0.25) is 0 Å². The van der Waals surface area contributed by atoms with E-state index in [0.717, 1.165) is 0 Å². The molecule has 1 atom stereocenters. The van der Waals surface area contributed by atoms with Crippen LogP contribution in [-0.4, -0.2) is 18.6 Å². The quantitative estimate of drug-likeness (QED) is 0.848. The lowest BCUT2D eigenvalue weighted by Crippen LogP contribution is -2.34. The third-order valence-corrected chi connectivity index (χ3v) is 2.91. The van der Waals surface area contributed by atoms with Crippen molar-refractivity contribution < 1.29 is 13.9 Å². The molecule has 0 bridgehead atoms. The fourth-order valence-electron chi connectivity index (χ4n) is 1.55. The van der Waals surface area contributed by atoms with Gasteiger partial charge in [-0.25, -0.2) is 9.18 Å². The molecule has 0 aliphatic carbocycles. The average Bonchev–Trinajstić information content (AvgIpc) is 2.30. The molecule has 0 saturated heterocycles. The fraction of sp³-hybridized carbons (Fsp3) is 0.462. The first-order chi connectivity index (χ1) is 8.45. The summed E-state index contributed by atoms with van der Waals surface area (Å²) in [5, 5.41) is 3.11. The van der Waals surface area contributed by atoms with E-state index in [1.807, 2.05) is 13.8 Å². The molecule has 0 amide bonds. The Kier molecular flexibility index (Phi) is 5.75. The van der Waals surface area contributed by atoms with E-state index in [1.54, 1.807) is 19.1 Å². The highest BCUT2D eigenvalue weighted by molar-refractivity contribution is 9.10. The average molecular weight is 318 g/mol. The molecule has 0 heterocycles. The van der Waals surface area contributed by atoms with Gasteiger partial charge in [-0.2, -0.15) is 0 Å². The normalized spacial score (nSPS) is 12.6. The summed E-state index contributed by atoms with van der Waals surface area (Å²) in [6.07, 6.45) is 0. The summed E-state index contributed by atoms with van der Waals surface area (Å²) in [4.78, 5) is 11.9. The van der Waals surface area contributed by atoms with E-state index < -0.39 is 6.04 Å². The van der Waals surface area contributed by atoms with Gasteiger partial charge in [-0.3, -0.25) is 5.32 Å². The summed E-state index contributed by atoms with van der Waals surface area (Å²) in [6.45, 7) is 5.94. The fourth-order valence-corrected chi connectivity index (χ4v) is 1.95. The van der Waals surface area contributed by atoms with Crippen LogP contribution < -0.4 is 5.32 Å². The van der Waals surface area contributed by atoms with Gasteiger partial charge in [0.1, 0.15) is 11.9 Å². The number of benzene rings is 1. The van der Waals surface area contributed by atoms with E-state index >= 15 is 0 Å². The first-order valence-corrected chi connectivity index (χ1v) is 6.62. The van der Waals surface area contributed by atoms with Gasteiger partial charge in [0.25, 0.3) is 0 Å². The second-order valence-corrected chi connectivity index (χ2v) is 5.03. The lowest BCUT2D eigenvalue weighted by Gasteiger charge is -2.20. The number of hydrogen-bond acceptors (Lipinski definition) is 3. The van der Waals surface area contributed by atoms with Crippen LogP contribution in [0.5, 0.6) is 0 Å². The third kappa shape index (κ3) is 4.07. The lowest BCUT2D eigenvalue weighted by molar-refractivity contribution is -0.146. The van der Waals surface area contributed by atoms with Crippen LogP contribution in [0.3, 0.4) is 0 Å². The van der Waals surface area contributed by atoms with Crippen molar-refractivity contribution in [3.8, 4) is 0 Å². The predicted octanol–water partition coefficient (Wildman–Crippen LogP) is 3.19. The van der Waals surface area contributed by atoms with Gasteiger partial charge < -0.3 is 4.74 Å². The molecule has 1 aromatic rings. The molecule has 3 nitrogen and oxygen atoms in total. The number of rotatable bonds is 5. The molecule has 1 N–H and O–H groups in total. The number of ether oxygens (including phenoxy) is 1. The Morgan fingerprint density at radius 2 is 2.17 bits per heavy atom. The van der Waals surface area contributed by atoms with Crippen molar-refractivity contribution >= 4 is 21.9 Å². The second kappa shape index (κ2) is 6.85. The maximum absolute atomic E-state index is 13.2. The maximum Gasteiger partial charge on any atom is 0.327 e. The zero-order valence-corrected chi connectivity index (χ0v) is 12.3. The minimum Gasteiger partial charge on any atom is -0.465 e. The van der Waals surface area contributed by atoms with Crippen LogP contribution in [0.4, 0.5) is 4.39 Å². The van der Waals surface area contributed by atoms with Gasteiger partial charge in [-0.05, 0) is 54.4 Å². The number of hydrogen-bond donors (Lipinski definition) is 1. The molecule has 5 heteroatoms. The first kappa shape index (κ1) is 15.1. The molecule has 0 fully saturated rings. The Morgan fingerprint density at radius 3 is 2.67 bits per heavy atom. The van der Waals surface area contributed by atoms with Gasteiger partial charge in [-0.1, -0.05) is 6.07 Å². The Hall–Kier alpha value is -0.940. The smallest absolute Gasteiger partial charge is 0.327 e. The zero-order valence-electron chi connectivity index (χ0n) is 10.7. The molecule has 18 heavy (non-hydrogen) atoms. The molecule has 0 aliphatic rings. The highest BCUT2D eigenvalue weighted by Crippen LogP contribution is 2.22. The molecule has 100 valence electrons. The molecule has 0 radical (unpaired) electrons. The van der Waals surface area contributed by atoms with Gasteiger partial charge in [-0.15, -0.1) is 0 Å². The van der Waals surface area contributed by atoms with Crippen LogP contribution in [0.15, 0.2) is 22.7 Å². The van der Waals surface area contributed by atoms with Gasteiger partial charge in [0.05, 0.1) is 11.1 Å². The Labute approximate surface area is 115 Å². The van der Waals surface area contributed by atoms with Crippen LogP contribution in [0, 0.1) is 5.82 Å². The largest absolute Gasteiger partial charge is 0.465 e. The molecule has 1 rings (SSSR count). The summed E-state index contributed by atoms with van der Waals surface area (Å²) in [7, 11) is 0. The van der Waals surface area contributed by atoms with Crippen molar-refractivity contribution in [2.45, 2.75) is 32.9 Å². The van der Waals surface area contributed by atoms with E-state index in [9.17, 15) is 9.18 Å². The Balaban J connectivity index is 3.00. The predicted molar refractivity (Wildman–Crippen MR) is 71.7 cm³/mol. The monoisotopic (exact) mass is 317 g/mol. The highest BCUT2D eigenvalue weighted by Gasteiger charge is 2.23. The summed E-state index contributed by atoms with van der Waals surface area (Å²) < 4.78 is 18.5. The third-order valence-electron chi connectivity index (χ3n) is 2.30. The topological polar surface area (TPSA) is 38.3 Å². The van der Waals surface area contributed by atoms with E-state index in [1.165, 1.54) is 6.07 Å². The van der Waals surface area contributed by atoms with E-state index in [-0.39, 0.29) is 17.8 Å². The number of nitrogens with one attached hydrogen (secondary N) is 1. The number of carbonyl (C=O) groups excluding carboxylic acids is 1. The minimum absolute atomic E-state index is 0.114. The molecular formula is C13H17BrFNO2. The van der Waals surface area contributed by atoms with Gasteiger partial charge in [0.2, 0.25) is 0 Å². The van der Waals surface area contributed by atoms with E-state index in [0.29, 0.717) is 16.6 Å². The second-order valence-electron chi connectivity index (χ2n) is 4.18. The van der Waals surface area contributed by atoms with Crippen molar-refractivity contribution in [3.05, 3.63) is 34.1 Å². The molecular weight excluding hydrogens is 301 g/mol. The molecule has 0 aromatic heterocycles. The highest BCUT2D eigenvalue weighted by atomic mass is 79.9. The summed E-state index contributed by atoms with van der Waals surface area (Å²) in [5.74, 6) is -0.712. The summed E-state index contributed by atoms with van der Waals surface area (Å²) in [5.41, 5.74) is 0.676. The standard InChI is InChI=1S/C13H17BrFNO2/c1-4-18-13(17)12(16-8(2)3)9-5-6-11(15)10(14)7-9/h5-8,12,16H,4H2,1-3H3. The van der Waals surface area contributed by atoms with Crippen molar-refractivity contribution in [3.63, 3.8) is 0 Å². The van der Waals surface area contributed by atoms with E-state index in [4.69, 9.17) is 4.74 Å². The van der Waals surface area contributed by atoms with Crippen molar-refractivity contribution in [2.24, 2.45) is 0 Å². The van der Waals surface area contributed by atoms with Gasteiger partial charge in [0.15, 0.2) is 0 Å². The van der Waals surface area contributed by atoms with Crippen molar-refractivity contribution in [1.29, 1.82) is 0 Å². The van der Waals surface area contributed by atoms with Gasteiger partial charge in [0, 0.05) is 6.04 Å². The molecule has 0 spiro atoms. The Bertz CT molecular complexity index is 423. The Morgan fingerprint density at radius 1 is 1.50 bits per heavy atom.